The molecule has 0 aromatic heterocycles. The summed E-state index contributed by atoms with van der Waals surface area (Å²) in [6, 6.07) is 13.6. The molecule has 2 aromatic carbocycles. The maximum Gasteiger partial charge on any atom is 0.410 e. The van der Waals surface area contributed by atoms with Gasteiger partial charge in [0.2, 0.25) is 5.91 Å². The van der Waals surface area contributed by atoms with Gasteiger partial charge in [-0.15, -0.1) is 0 Å². The maximum atomic E-state index is 13.2. The van der Waals surface area contributed by atoms with Gasteiger partial charge in [0.15, 0.2) is 0 Å². The number of nitrogens with zero attached hydrogens (tertiary/aromatic N) is 3. The van der Waals surface area contributed by atoms with Crippen LogP contribution in [0.1, 0.15) is 44.9 Å². The smallest absolute Gasteiger partial charge is 0.410 e. The lowest BCUT2D eigenvalue weighted by molar-refractivity contribution is -0.133. The largest absolute Gasteiger partial charge is 0.444 e. The lowest BCUT2D eigenvalue weighted by Gasteiger charge is -2.43. The summed E-state index contributed by atoms with van der Waals surface area (Å²) in [7, 11) is 0. The van der Waals surface area contributed by atoms with Gasteiger partial charge in [-0.1, -0.05) is 41.4 Å². The van der Waals surface area contributed by atoms with Crippen LogP contribution in [0.3, 0.4) is 0 Å². The minimum absolute atomic E-state index is 0.0238. The minimum atomic E-state index is -0.619. The predicted molar refractivity (Wildman–Crippen MR) is 138 cm³/mol. The molecule has 1 atom stereocenters. The zero-order valence-electron chi connectivity index (χ0n) is 20.5. The number of benzene rings is 2. The molecule has 0 unspecified atom stereocenters. The first-order valence-corrected chi connectivity index (χ1v) is 12.3. The highest BCUT2D eigenvalue weighted by atomic mass is 35.5. The second-order valence-electron chi connectivity index (χ2n) is 9.55. The molecule has 0 radical (unpaired) electrons. The molecule has 34 heavy (non-hydrogen) atoms. The Hall–Kier alpha value is -2.44. The number of rotatable bonds is 5. The van der Waals surface area contributed by atoms with Crippen molar-refractivity contribution >= 4 is 40.9 Å². The van der Waals surface area contributed by atoms with Crippen molar-refractivity contribution in [3.8, 4) is 0 Å². The lowest BCUT2D eigenvalue weighted by Crippen LogP contribution is -2.53. The molecule has 0 spiro atoms. The fourth-order valence-corrected chi connectivity index (χ4v) is 4.48. The van der Waals surface area contributed by atoms with E-state index >= 15 is 0 Å². The summed E-state index contributed by atoms with van der Waals surface area (Å²) in [5.74, 6) is -0.110. The van der Waals surface area contributed by atoms with Crippen LogP contribution in [0.2, 0.25) is 10.0 Å². The molecular weight excluding hydrogens is 473 g/mol. The highest BCUT2D eigenvalue weighted by molar-refractivity contribution is 6.33. The molecule has 8 heteroatoms. The average molecular weight is 506 g/mol. The van der Waals surface area contributed by atoms with Crippen molar-refractivity contribution < 1.29 is 14.3 Å². The van der Waals surface area contributed by atoms with E-state index in [1.807, 2.05) is 82.0 Å². The van der Waals surface area contributed by atoms with Gasteiger partial charge in [0, 0.05) is 31.2 Å². The molecule has 0 N–H and O–H groups in total. The number of halogens is 2. The van der Waals surface area contributed by atoms with Gasteiger partial charge in [0.05, 0.1) is 16.8 Å². The Morgan fingerprint density at radius 2 is 1.76 bits per heavy atom. The predicted octanol–water partition coefficient (Wildman–Crippen LogP) is 5.95. The molecule has 1 heterocycles. The number of amides is 2. The number of anilines is 1. The van der Waals surface area contributed by atoms with Gasteiger partial charge in [-0.2, -0.15) is 0 Å². The van der Waals surface area contributed by atoms with E-state index < -0.39 is 11.7 Å². The third kappa shape index (κ3) is 6.57. The molecule has 184 valence electrons. The van der Waals surface area contributed by atoms with Crippen molar-refractivity contribution in [3.63, 3.8) is 0 Å². The molecule has 2 amide bonds. The summed E-state index contributed by atoms with van der Waals surface area (Å²) in [4.78, 5) is 31.2. The molecule has 6 nitrogen and oxygen atoms in total. The number of carbonyl (C=O) groups excluding carboxylic acids is 2. The third-order valence-electron chi connectivity index (χ3n) is 5.76. The SMILES string of the molecule is CCN(CC(=O)N1CCN(c2ccc(C)cc2Cl)[C@H](c2ccc(Cl)cc2)C1)C(=O)OC(C)(C)C. The molecule has 1 aliphatic rings. The van der Waals surface area contributed by atoms with Gasteiger partial charge in [-0.05, 0) is 70.0 Å². The molecular formula is C26H33Cl2N3O3. The first-order valence-electron chi connectivity index (χ1n) is 11.5. The van der Waals surface area contributed by atoms with Crippen molar-refractivity contribution in [1.29, 1.82) is 0 Å². The number of ether oxygens (including phenoxy) is 1. The summed E-state index contributed by atoms with van der Waals surface area (Å²) in [6.45, 7) is 11.3. The van der Waals surface area contributed by atoms with Gasteiger partial charge < -0.3 is 14.5 Å². The van der Waals surface area contributed by atoms with E-state index in [9.17, 15) is 9.59 Å². The Morgan fingerprint density at radius 1 is 1.09 bits per heavy atom. The van der Waals surface area contributed by atoms with Crippen LogP contribution in [-0.4, -0.2) is 60.1 Å². The molecule has 0 saturated carbocycles. The fourth-order valence-electron chi connectivity index (χ4n) is 4.01. The highest BCUT2D eigenvalue weighted by Gasteiger charge is 2.33. The van der Waals surface area contributed by atoms with Gasteiger partial charge in [0.1, 0.15) is 12.1 Å². The van der Waals surface area contributed by atoms with Crippen LogP contribution in [0.25, 0.3) is 0 Å². The van der Waals surface area contributed by atoms with Crippen LogP contribution in [0, 0.1) is 6.92 Å². The molecule has 0 bridgehead atoms. The summed E-state index contributed by atoms with van der Waals surface area (Å²) >= 11 is 12.7. The molecule has 0 aliphatic carbocycles. The first kappa shape index (κ1) is 26.2. The van der Waals surface area contributed by atoms with E-state index in [2.05, 4.69) is 4.90 Å². The van der Waals surface area contributed by atoms with Crippen molar-refractivity contribution in [2.45, 2.75) is 46.3 Å². The summed E-state index contributed by atoms with van der Waals surface area (Å²) in [5.41, 5.74) is 2.44. The van der Waals surface area contributed by atoms with E-state index in [0.29, 0.717) is 36.2 Å². The van der Waals surface area contributed by atoms with Crippen LogP contribution in [0.5, 0.6) is 0 Å². The number of piperazine rings is 1. The molecule has 3 rings (SSSR count). The van der Waals surface area contributed by atoms with E-state index in [1.54, 1.807) is 0 Å². The summed E-state index contributed by atoms with van der Waals surface area (Å²) in [5, 5.41) is 1.34. The third-order valence-corrected chi connectivity index (χ3v) is 6.31. The zero-order valence-corrected chi connectivity index (χ0v) is 22.0. The minimum Gasteiger partial charge on any atom is -0.444 e. The number of hydrogen-bond donors (Lipinski definition) is 0. The van der Waals surface area contributed by atoms with E-state index in [0.717, 1.165) is 16.8 Å². The topological polar surface area (TPSA) is 53.1 Å². The van der Waals surface area contributed by atoms with E-state index in [4.69, 9.17) is 27.9 Å². The Labute approximate surface area is 212 Å². The van der Waals surface area contributed by atoms with Crippen LogP contribution >= 0.6 is 23.2 Å². The van der Waals surface area contributed by atoms with Crippen molar-refractivity contribution in [2.24, 2.45) is 0 Å². The quantitative estimate of drug-likeness (QED) is 0.503. The zero-order chi connectivity index (χ0) is 25.0. The van der Waals surface area contributed by atoms with Gasteiger partial charge >= 0.3 is 6.09 Å². The van der Waals surface area contributed by atoms with Crippen molar-refractivity contribution in [2.75, 3.05) is 37.6 Å². The first-order chi connectivity index (χ1) is 16.0. The highest BCUT2D eigenvalue weighted by Crippen LogP contribution is 2.36. The van der Waals surface area contributed by atoms with Gasteiger partial charge in [-0.3, -0.25) is 9.69 Å². The van der Waals surface area contributed by atoms with Crippen LogP contribution < -0.4 is 4.90 Å². The summed E-state index contributed by atoms with van der Waals surface area (Å²) < 4.78 is 5.46. The molecule has 1 aliphatic heterocycles. The Morgan fingerprint density at radius 3 is 2.35 bits per heavy atom. The van der Waals surface area contributed by atoms with Crippen LogP contribution in [0.4, 0.5) is 10.5 Å². The van der Waals surface area contributed by atoms with Crippen LogP contribution in [0.15, 0.2) is 42.5 Å². The van der Waals surface area contributed by atoms with Crippen LogP contribution in [-0.2, 0) is 9.53 Å². The van der Waals surface area contributed by atoms with E-state index in [1.165, 1.54) is 4.90 Å². The second kappa shape index (κ2) is 10.9. The lowest BCUT2D eigenvalue weighted by atomic mass is 10.0. The van der Waals surface area contributed by atoms with Gasteiger partial charge in [-0.25, -0.2) is 4.79 Å². The Balaban J connectivity index is 1.82. The molecule has 1 fully saturated rings. The van der Waals surface area contributed by atoms with Gasteiger partial charge in [0.25, 0.3) is 0 Å². The fraction of sp³-hybridized carbons (Fsp3) is 0.462. The normalized spacial score (nSPS) is 16.4. The summed E-state index contributed by atoms with van der Waals surface area (Å²) in [6.07, 6.45) is -0.484. The van der Waals surface area contributed by atoms with Crippen molar-refractivity contribution in [3.05, 3.63) is 63.6 Å². The number of hydrogen-bond acceptors (Lipinski definition) is 4. The molecule has 2 aromatic rings. The van der Waals surface area contributed by atoms with Crippen molar-refractivity contribution in [1.82, 2.24) is 9.80 Å². The second-order valence-corrected chi connectivity index (χ2v) is 10.4. The standard InChI is InChI=1S/C26H33Cl2N3O3/c1-6-29(25(33)34-26(3,4)5)17-24(32)30-13-14-31(22-12-7-18(2)15-21(22)28)23(16-30)19-8-10-20(27)11-9-19/h7-12,15,23H,6,13-14,16-17H2,1-5H3/t23-/m0/s1. The Bertz CT molecular complexity index is 1020. The number of likely N-dealkylation sites (N-methyl/N-ethyl adjacent to an activating group) is 1. The average Bonchev–Trinajstić information content (AvgIpc) is 2.76. The molecule has 1 saturated heterocycles. The monoisotopic (exact) mass is 505 g/mol. The van der Waals surface area contributed by atoms with E-state index in [-0.39, 0.29) is 18.5 Å². The number of carbonyl (C=O) groups is 2. The number of aryl methyl sites for hydroxylation is 1. The maximum absolute atomic E-state index is 13.2. The Kier molecular flexibility index (Phi) is 8.37.